The number of ether oxygens (including phenoxy) is 2. The summed E-state index contributed by atoms with van der Waals surface area (Å²) in [6, 6.07) is 1.06. The van der Waals surface area contributed by atoms with Crippen molar-refractivity contribution in [2.24, 2.45) is 5.16 Å². The monoisotopic (exact) mass is 834 g/mol. The summed E-state index contributed by atoms with van der Waals surface area (Å²) in [5, 5.41) is 26.4. The highest BCUT2D eigenvalue weighted by Gasteiger charge is 2.54. The van der Waals surface area contributed by atoms with E-state index in [0.29, 0.717) is 9.91 Å². The molecule has 1 unspecified atom stereocenters. The van der Waals surface area contributed by atoms with Gasteiger partial charge in [0.25, 0.3) is 23.6 Å². The van der Waals surface area contributed by atoms with Gasteiger partial charge in [-0.15, -0.1) is 33.3 Å². The lowest BCUT2D eigenvalue weighted by Crippen LogP contribution is -2.71. The Bertz CT molecular complexity index is 2120. The van der Waals surface area contributed by atoms with E-state index < -0.39 is 71.3 Å². The van der Waals surface area contributed by atoms with E-state index in [4.69, 9.17) is 20.0 Å². The van der Waals surface area contributed by atoms with Crippen molar-refractivity contribution in [2.45, 2.75) is 29.6 Å². The highest BCUT2D eigenvalue weighted by molar-refractivity contribution is 8.01. The molecule has 1 fully saturated rings. The summed E-state index contributed by atoms with van der Waals surface area (Å²) in [5.41, 5.74) is 10.7. The van der Waals surface area contributed by atoms with E-state index in [1.54, 1.807) is 5.51 Å². The summed E-state index contributed by atoms with van der Waals surface area (Å²) in [4.78, 5) is 109. The summed E-state index contributed by atoms with van der Waals surface area (Å²) in [6.07, 6.45) is 0. The van der Waals surface area contributed by atoms with Gasteiger partial charge in [0.15, 0.2) is 33.3 Å². The number of aromatic nitrogens is 3. The summed E-state index contributed by atoms with van der Waals surface area (Å²) in [6.45, 7) is 1.33. The van der Waals surface area contributed by atoms with E-state index in [1.165, 1.54) is 52.4 Å². The fourth-order valence-corrected chi connectivity index (χ4v) is 8.15. The number of imide groups is 1. The number of carboxylic acid groups (broad SMARTS) is 1. The molecule has 0 bridgehead atoms. The molecule has 0 spiro atoms. The number of nitrogens with zero attached hydrogens (tertiary/aromatic N) is 5. The molecule has 7 N–H and O–H groups in total. The molecule has 4 heterocycles. The Morgan fingerprint density at radius 1 is 1.07 bits per heavy atom. The number of benzene rings is 1. The van der Waals surface area contributed by atoms with Crippen LogP contribution in [-0.2, 0) is 33.6 Å². The number of oxime groups is 1. The zero-order valence-corrected chi connectivity index (χ0v) is 31.3. The van der Waals surface area contributed by atoms with Crippen molar-refractivity contribution in [1.29, 1.82) is 0 Å². The lowest BCUT2D eigenvalue weighted by molar-refractivity contribution is -0.150. The van der Waals surface area contributed by atoms with Crippen LogP contribution in [0.2, 0.25) is 0 Å². The van der Waals surface area contributed by atoms with Gasteiger partial charge in [0.1, 0.15) is 28.3 Å². The molecular formula is C29H26N10O12S4. The maximum Gasteiger partial charge on any atom is 0.352 e. The second kappa shape index (κ2) is 17.8. The molecule has 2 atom stereocenters. The fraction of sp³-hybridized carbons (Fsp3) is 0.241. The number of hydrogen-bond acceptors (Lipinski definition) is 20. The van der Waals surface area contributed by atoms with E-state index in [2.05, 4.69) is 25.7 Å². The van der Waals surface area contributed by atoms with Crippen molar-refractivity contribution < 1.29 is 57.8 Å². The van der Waals surface area contributed by atoms with Crippen LogP contribution in [0, 0.1) is 0 Å². The van der Waals surface area contributed by atoms with Crippen molar-refractivity contribution in [3.63, 3.8) is 0 Å². The molecule has 6 amide bonds. The van der Waals surface area contributed by atoms with Gasteiger partial charge in [-0.1, -0.05) is 28.3 Å². The molecule has 2 aliphatic heterocycles. The number of nitrogens with one attached hydrogen (secondary N) is 4. The van der Waals surface area contributed by atoms with Gasteiger partial charge in [-0.25, -0.2) is 20.0 Å². The molecular weight excluding hydrogens is 809 g/mol. The number of fused-ring (bicyclic) bond motifs is 1. The van der Waals surface area contributed by atoms with E-state index in [9.17, 15) is 43.5 Å². The predicted octanol–water partition coefficient (Wildman–Crippen LogP) is -0.150. The van der Waals surface area contributed by atoms with E-state index in [-0.39, 0.29) is 45.1 Å². The molecule has 1 saturated heterocycles. The number of nitrogen functional groups attached to an aromatic ring is 1. The fourth-order valence-electron chi connectivity index (χ4n) is 4.63. The molecule has 22 nitrogen and oxygen atoms in total. The zero-order chi connectivity index (χ0) is 39.8. The lowest BCUT2D eigenvalue weighted by atomic mass is 10.0. The van der Waals surface area contributed by atoms with Gasteiger partial charge >= 0.3 is 23.9 Å². The van der Waals surface area contributed by atoms with E-state index >= 15 is 0 Å². The SMILES string of the molecule is CC(=O)Oc1ccc(C(=O)NC(=O)NNC(=O)CON=C(C(=O)NC2C(=O)N3C(C(=O)O)=C(CSc4nncs4)CS[C@@H]23)c2csc(N)n2)cc1OC(C)=O. The highest BCUT2D eigenvalue weighted by atomic mass is 32.2. The van der Waals surface area contributed by atoms with Crippen LogP contribution in [0.4, 0.5) is 9.93 Å². The van der Waals surface area contributed by atoms with Crippen molar-refractivity contribution in [3.05, 3.63) is 51.6 Å². The Hall–Kier alpha value is -6.12. The number of hydrogen-bond donors (Lipinski definition) is 6. The Morgan fingerprint density at radius 3 is 2.47 bits per heavy atom. The minimum Gasteiger partial charge on any atom is -0.477 e. The number of carbonyl (C=O) groups excluding carboxylic acids is 7. The maximum absolute atomic E-state index is 13.4. The minimum atomic E-state index is -1.30. The van der Waals surface area contributed by atoms with Crippen LogP contribution in [0.1, 0.15) is 29.9 Å². The lowest BCUT2D eigenvalue weighted by Gasteiger charge is -2.49. The van der Waals surface area contributed by atoms with Crippen molar-refractivity contribution in [2.75, 3.05) is 23.8 Å². The topological polar surface area (TPSA) is 313 Å². The van der Waals surface area contributed by atoms with Crippen molar-refractivity contribution in [1.82, 2.24) is 41.6 Å². The Kier molecular flexibility index (Phi) is 13.0. The molecule has 1 aromatic carbocycles. The van der Waals surface area contributed by atoms with Crippen LogP contribution in [0.5, 0.6) is 11.5 Å². The number of esters is 2. The molecule has 2 aromatic heterocycles. The molecule has 288 valence electrons. The molecule has 5 rings (SSSR count). The Balaban J connectivity index is 1.16. The number of amides is 6. The number of carbonyl (C=O) groups is 8. The normalized spacial score (nSPS) is 16.2. The highest BCUT2D eigenvalue weighted by Crippen LogP contribution is 2.41. The molecule has 26 heteroatoms. The van der Waals surface area contributed by atoms with Crippen LogP contribution >= 0.6 is 46.2 Å². The first kappa shape index (κ1) is 40.1. The molecule has 3 aromatic rings. The number of carboxylic acids is 1. The minimum absolute atomic E-state index is 0.0591. The first-order valence-electron chi connectivity index (χ1n) is 15.1. The average Bonchev–Trinajstić information content (AvgIpc) is 3.82. The van der Waals surface area contributed by atoms with Crippen LogP contribution in [-0.4, -0.2) is 108 Å². The molecule has 2 aliphatic rings. The summed E-state index contributed by atoms with van der Waals surface area (Å²) in [7, 11) is 0. The smallest absolute Gasteiger partial charge is 0.352 e. The van der Waals surface area contributed by atoms with Crippen LogP contribution in [0.3, 0.4) is 0 Å². The second-order valence-corrected chi connectivity index (χ2v) is 14.8. The van der Waals surface area contributed by atoms with Gasteiger partial charge in [-0.3, -0.25) is 44.4 Å². The number of hydrazine groups is 1. The summed E-state index contributed by atoms with van der Waals surface area (Å²) >= 11 is 4.79. The number of urea groups is 1. The van der Waals surface area contributed by atoms with Crippen LogP contribution in [0.25, 0.3) is 0 Å². The third-order valence-electron chi connectivity index (χ3n) is 6.83. The number of thiazole rings is 1. The Morgan fingerprint density at radius 2 is 1.82 bits per heavy atom. The third kappa shape index (κ3) is 10.1. The van der Waals surface area contributed by atoms with Crippen LogP contribution in [0.15, 0.2) is 49.9 Å². The second-order valence-electron chi connectivity index (χ2n) is 10.7. The van der Waals surface area contributed by atoms with Gasteiger partial charge in [0.2, 0.25) is 0 Å². The number of rotatable bonds is 13. The van der Waals surface area contributed by atoms with Gasteiger partial charge in [-0.2, -0.15) is 0 Å². The average molecular weight is 835 g/mol. The first-order valence-corrected chi connectivity index (χ1v) is 18.9. The number of nitrogens with two attached hydrogens (primary N) is 1. The number of β-lactam (4-membered cyclic amide) rings is 1. The van der Waals surface area contributed by atoms with Gasteiger partial charge in [-0.05, 0) is 23.8 Å². The van der Waals surface area contributed by atoms with Crippen LogP contribution < -0.4 is 36.7 Å². The molecule has 0 saturated carbocycles. The standard InChI is InChI=1S/C29H26N10O12S4/c1-11(40)50-16-4-3-13(5-17(16)51-12(2)41)22(43)34-28(48)36-35-18(42)6-49-38-19(15-9-53-27(30)32-15)23(44)33-20-24(45)39-21(26(46)47)14(7-52-25(20)39)8-54-29-37-31-10-55-29/h3-5,9-10,20,25H,6-8H2,1-2H3,(H2,30,32)(H,33,44)(H,35,42)(H,46,47)(H2,34,36,43,48)/t20?,25-/m0/s1. The van der Waals surface area contributed by atoms with E-state index in [0.717, 1.165) is 36.2 Å². The third-order valence-corrected chi connectivity index (χ3v) is 10.8. The van der Waals surface area contributed by atoms with Gasteiger partial charge < -0.3 is 30.5 Å². The number of anilines is 1. The summed E-state index contributed by atoms with van der Waals surface area (Å²) in [5.74, 6) is -6.30. The molecule has 0 aliphatic carbocycles. The molecule has 0 radical (unpaired) electrons. The largest absolute Gasteiger partial charge is 0.477 e. The quantitative estimate of drug-likeness (QED) is 0.0326. The number of aliphatic carboxylic acids is 1. The maximum atomic E-state index is 13.4. The van der Waals surface area contributed by atoms with E-state index in [1.807, 2.05) is 16.2 Å². The Labute approximate surface area is 324 Å². The first-order chi connectivity index (χ1) is 26.2. The van der Waals surface area contributed by atoms with Gasteiger partial charge in [0, 0.05) is 36.3 Å². The number of thioether (sulfide) groups is 2. The molecule has 55 heavy (non-hydrogen) atoms. The predicted molar refractivity (Wildman–Crippen MR) is 193 cm³/mol. The van der Waals surface area contributed by atoms with Crippen molar-refractivity contribution >= 4 is 105 Å². The summed E-state index contributed by atoms with van der Waals surface area (Å²) < 4.78 is 10.5. The zero-order valence-electron chi connectivity index (χ0n) is 28.0. The van der Waals surface area contributed by atoms with Crippen molar-refractivity contribution in [3.8, 4) is 11.5 Å². The van der Waals surface area contributed by atoms with Gasteiger partial charge in [0.05, 0.1) is 0 Å².